The maximum Gasteiger partial charge on any atom is 1.00 e. The number of phosphoric acid groups is 1. The minimum absolute atomic E-state index is 0. The molecule has 0 radical (unpaired) electrons. The molecule has 0 bridgehead atoms. The van der Waals surface area contributed by atoms with Gasteiger partial charge >= 0.3 is 71.3 Å². The van der Waals surface area contributed by atoms with Crippen molar-refractivity contribution in [3.63, 3.8) is 0 Å². The summed E-state index contributed by atoms with van der Waals surface area (Å²) in [6, 6.07) is -1.62. The molecule has 1 unspecified atom stereocenters. The fourth-order valence-electron chi connectivity index (χ4n) is 5.53. The normalized spacial score (nSPS) is 28.0. The molecule has 306 valence electrons. The van der Waals surface area contributed by atoms with Crippen molar-refractivity contribution < 1.29 is 134 Å². The third-order valence-electron chi connectivity index (χ3n) is 7.25. The van der Waals surface area contributed by atoms with E-state index >= 15 is 0 Å². The zero-order valence-electron chi connectivity index (χ0n) is 31.7. The fourth-order valence-corrected chi connectivity index (χ4v) is 6.47. The number of esters is 7. The molecule has 0 aliphatic carbocycles. The number of nitrogens with one attached hydrogen (secondary N) is 1. The van der Waals surface area contributed by atoms with Gasteiger partial charge in [-0.2, -0.15) is 0 Å². The Labute approximate surface area is 336 Å². The van der Waals surface area contributed by atoms with Crippen LogP contribution in [0.15, 0.2) is 0 Å². The third-order valence-corrected chi connectivity index (χ3v) is 8.24. The Kier molecular flexibility index (Phi) is 19.8. The van der Waals surface area contributed by atoms with Gasteiger partial charge in [-0.25, -0.2) is 4.79 Å². The molecule has 0 saturated carbocycles. The Morgan fingerprint density at radius 2 is 1.38 bits per heavy atom. The zero-order chi connectivity index (χ0) is 41.1. The first kappa shape index (κ1) is 49.8. The molecule has 55 heavy (non-hydrogen) atoms. The van der Waals surface area contributed by atoms with Gasteiger partial charge < -0.3 is 62.1 Å². The molecule has 25 heteroatoms. The van der Waals surface area contributed by atoms with Crippen molar-refractivity contribution in [2.75, 3.05) is 27.4 Å². The van der Waals surface area contributed by atoms with Crippen LogP contribution in [0, 0.1) is 0 Å². The minimum atomic E-state index is -5.88. The van der Waals surface area contributed by atoms with Gasteiger partial charge in [-0.3, -0.25) is 42.7 Å². The van der Waals surface area contributed by atoms with Crippen molar-refractivity contribution in [3.8, 4) is 0 Å². The van der Waals surface area contributed by atoms with Crippen LogP contribution in [-0.4, -0.2) is 136 Å². The summed E-state index contributed by atoms with van der Waals surface area (Å²) in [5.41, 5.74) is 0. The summed E-state index contributed by atoms with van der Waals surface area (Å²) in [4.78, 5) is 112. The number of hydrogen-bond acceptors (Lipinski definition) is 22. The maximum absolute atomic E-state index is 13.5. The summed E-state index contributed by atoms with van der Waals surface area (Å²) >= 11 is 0. The largest absolute Gasteiger partial charge is 1.00 e. The van der Waals surface area contributed by atoms with E-state index in [1.807, 2.05) is 0 Å². The van der Waals surface area contributed by atoms with Gasteiger partial charge in [0.15, 0.2) is 30.7 Å². The van der Waals surface area contributed by atoms with E-state index in [9.17, 15) is 47.8 Å². The number of hydrogen-bond donors (Lipinski definition) is 1. The molecular formula is C30H43NNaO22P. The van der Waals surface area contributed by atoms with Crippen molar-refractivity contribution in [2.24, 2.45) is 0 Å². The Morgan fingerprint density at radius 1 is 0.818 bits per heavy atom. The summed E-state index contributed by atoms with van der Waals surface area (Å²) < 4.78 is 76.5. The number of rotatable bonds is 17. The van der Waals surface area contributed by atoms with E-state index in [4.69, 9.17) is 56.4 Å². The van der Waals surface area contributed by atoms with Gasteiger partial charge in [0.05, 0.1) is 26.2 Å². The van der Waals surface area contributed by atoms with E-state index in [-0.39, 0.29) is 29.6 Å². The molecule has 0 aromatic heterocycles. The molecule has 2 rings (SSSR count). The van der Waals surface area contributed by atoms with E-state index in [2.05, 4.69) is 5.32 Å². The van der Waals surface area contributed by atoms with Gasteiger partial charge in [-0.05, 0) is 0 Å². The van der Waals surface area contributed by atoms with Crippen LogP contribution in [0.1, 0.15) is 54.9 Å². The molecular weight excluding hydrogens is 780 g/mol. The second-order valence-electron chi connectivity index (χ2n) is 11.7. The zero-order valence-corrected chi connectivity index (χ0v) is 34.6. The van der Waals surface area contributed by atoms with Crippen LogP contribution in [0.4, 0.5) is 0 Å². The van der Waals surface area contributed by atoms with Crippen LogP contribution in [-0.2, 0) is 99.3 Å². The number of methoxy groups -OCH3 is 2. The Bertz CT molecular complexity index is 1480. The predicted molar refractivity (Wildman–Crippen MR) is 167 cm³/mol. The molecule has 11 atom stereocenters. The summed E-state index contributed by atoms with van der Waals surface area (Å²) in [5.74, 6) is -11.3. The smallest absolute Gasteiger partial charge is 0.756 e. The van der Waals surface area contributed by atoms with E-state index < -0.39 is 136 Å². The SMILES string of the molecule is COC(=O)[C@]1(OP(=O)([O-])OC[C@H]2O[C@@H](OC)[C@H](OC(C)=O)[C@@H]2OC(C)=O)C[C@H](OC(C)=O)[C@@H](NC(C)=O)[C@H]([C@H](OC(C)=O)[C@@H](COC(C)=O)OC(C)=O)O1.[Na+]. The van der Waals surface area contributed by atoms with Crippen molar-refractivity contribution in [1.82, 2.24) is 5.32 Å². The van der Waals surface area contributed by atoms with Gasteiger partial charge in [0.1, 0.15) is 24.9 Å². The maximum atomic E-state index is 13.5. The molecule has 0 aromatic carbocycles. The monoisotopic (exact) mass is 823 g/mol. The van der Waals surface area contributed by atoms with Crippen molar-refractivity contribution >= 4 is 55.5 Å². The van der Waals surface area contributed by atoms with Gasteiger partial charge in [-0.15, -0.1) is 0 Å². The van der Waals surface area contributed by atoms with Gasteiger partial charge in [0.2, 0.25) is 5.91 Å². The summed E-state index contributed by atoms with van der Waals surface area (Å²) in [7, 11) is -3.93. The molecule has 1 amide bonds. The topological polar surface area (TPSA) is 299 Å². The van der Waals surface area contributed by atoms with Crippen LogP contribution in [0.3, 0.4) is 0 Å². The average Bonchev–Trinajstić information content (AvgIpc) is 3.35. The Hall–Kier alpha value is -3.25. The van der Waals surface area contributed by atoms with Gasteiger partial charge in [0, 0.05) is 55.6 Å². The summed E-state index contributed by atoms with van der Waals surface area (Å²) in [6.45, 7) is 5.02. The fraction of sp³-hybridized carbons (Fsp3) is 0.733. The van der Waals surface area contributed by atoms with Crippen molar-refractivity contribution in [2.45, 2.75) is 116 Å². The van der Waals surface area contributed by atoms with Crippen LogP contribution in [0.25, 0.3) is 0 Å². The second-order valence-corrected chi connectivity index (χ2v) is 13.0. The first-order valence-electron chi connectivity index (χ1n) is 15.9. The third kappa shape index (κ3) is 15.0. The van der Waals surface area contributed by atoms with Gasteiger partial charge in [0.25, 0.3) is 13.6 Å². The van der Waals surface area contributed by atoms with Crippen molar-refractivity contribution in [1.29, 1.82) is 0 Å². The molecule has 23 nitrogen and oxygen atoms in total. The van der Waals surface area contributed by atoms with Crippen LogP contribution in [0.2, 0.25) is 0 Å². The molecule has 2 heterocycles. The number of ether oxygens (including phenoxy) is 10. The minimum Gasteiger partial charge on any atom is -0.756 e. The van der Waals surface area contributed by atoms with E-state index in [0.29, 0.717) is 0 Å². The van der Waals surface area contributed by atoms with Crippen molar-refractivity contribution in [3.05, 3.63) is 0 Å². The Morgan fingerprint density at radius 3 is 1.85 bits per heavy atom. The van der Waals surface area contributed by atoms with Crippen LogP contribution < -0.4 is 39.8 Å². The predicted octanol–water partition coefficient (Wildman–Crippen LogP) is -4.75. The number of carbonyl (C=O) groups is 8. The number of phosphoric ester groups is 1. The molecule has 1 N–H and O–H groups in total. The van der Waals surface area contributed by atoms with Crippen LogP contribution in [0.5, 0.6) is 0 Å². The van der Waals surface area contributed by atoms with Crippen LogP contribution >= 0.6 is 7.82 Å². The average molecular weight is 824 g/mol. The number of carbonyl (C=O) groups excluding carboxylic acids is 8. The number of amides is 1. The van der Waals surface area contributed by atoms with E-state index in [1.54, 1.807) is 0 Å². The standard InChI is InChI=1S/C30H44NO22P.Na/c1-13(32)31-23-20(46-15(3)34)10-30(29(39)43-9,52-26(23)24(48-17(5)36)21(47-16(4)35)11-44-14(2)33)53-54(40,41)45-12-22-25(49-18(6)37)27(50-19(7)38)28(42-8)51-22;/h20-28H,10-12H2,1-9H3,(H,31,32)(H,40,41);/q;+1/p-1/t20-,21+,22+,23+,24+,25+,26+,27+,28+,30+;/m0./s1. The quantitative estimate of drug-likeness (QED) is 0.0623. The second kappa shape index (κ2) is 21.9. The Balaban J connectivity index is 0.0000151. The molecule has 0 aromatic rings. The molecule has 2 aliphatic heterocycles. The van der Waals surface area contributed by atoms with Gasteiger partial charge in [-0.1, -0.05) is 0 Å². The van der Waals surface area contributed by atoms with E-state index in [0.717, 1.165) is 62.7 Å². The molecule has 0 spiro atoms. The first-order chi connectivity index (χ1) is 25.0. The van der Waals surface area contributed by atoms with E-state index in [1.165, 1.54) is 0 Å². The molecule has 2 aliphatic rings. The molecule has 2 saturated heterocycles. The summed E-state index contributed by atoms with van der Waals surface area (Å²) in [5, 5.41) is 2.41. The molecule has 2 fully saturated rings. The summed E-state index contributed by atoms with van der Waals surface area (Å²) in [6.07, 6.45) is -14.3. The first-order valence-corrected chi connectivity index (χ1v) is 17.4.